The van der Waals surface area contributed by atoms with Crippen molar-refractivity contribution < 1.29 is 27.0 Å². The van der Waals surface area contributed by atoms with Crippen LogP contribution in [-0.2, 0) is 21.9 Å². The van der Waals surface area contributed by atoms with Gasteiger partial charge in [-0.25, -0.2) is 0 Å². The van der Waals surface area contributed by atoms with Crippen LogP contribution in [0.2, 0.25) is 0 Å². The smallest absolute Gasteiger partial charge is 0.483 e. The summed E-state index contributed by atoms with van der Waals surface area (Å²) < 4.78 is 0. The largest absolute Gasteiger partial charge is 1.00 e. The maximum atomic E-state index is 9.31. The maximum Gasteiger partial charge on any atom is 1.00 e. The van der Waals surface area contributed by atoms with E-state index in [9.17, 15) is 4.79 Å². The molecule has 0 aliphatic carbocycles. The van der Waals surface area contributed by atoms with Gasteiger partial charge in [0.2, 0.25) is 0 Å². The number of carbonyl (C=O) groups is 1. The Bertz CT molecular complexity index is 44.1. The zero-order valence-electron chi connectivity index (χ0n) is 3.07. The van der Waals surface area contributed by atoms with Crippen LogP contribution >= 0.6 is 0 Å². The molecule has 0 aromatic heterocycles. The summed E-state index contributed by atoms with van der Waals surface area (Å²) in [6.07, 6.45) is -0.0278. The van der Waals surface area contributed by atoms with Gasteiger partial charge >= 0.3 is 17.1 Å². The van der Waals surface area contributed by atoms with Gasteiger partial charge in [0.15, 0.2) is 0 Å². The van der Waals surface area contributed by atoms with Crippen LogP contribution in [0.25, 0.3) is 0 Å². The Balaban J connectivity index is 0. The molecule has 40 valence electrons. The molecule has 0 aliphatic rings. The second-order valence-electron chi connectivity index (χ2n) is 0.644. The van der Waals surface area contributed by atoms with Crippen LogP contribution in [0.1, 0.15) is 6.42 Å². The van der Waals surface area contributed by atoms with E-state index < -0.39 is 5.97 Å². The Kier molecular flexibility index (Phi) is 7.79. The summed E-state index contributed by atoms with van der Waals surface area (Å²) >= 11 is 0. The molecule has 0 saturated heterocycles. The van der Waals surface area contributed by atoms with Crippen molar-refractivity contribution in [2.45, 2.75) is 6.42 Å². The number of hydrogen-bond donors (Lipinski definition) is 1. The number of carboxylic acids is 1. The van der Waals surface area contributed by atoms with Crippen LogP contribution in [0, 0.1) is 6.92 Å². The summed E-state index contributed by atoms with van der Waals surface area (Å²) in [6, 6.07) is 0. The van der Waals surface area contributed by atoms with Crippen LogP contribution in [0.3, 0.4) is 0 Å². The topological polar surface area (TPSA) is 37.3 Å². The Morgan fingerprint density at radius 3 is 2.00 bits per heavy atom. The fourth-order valence-corrected chi connectivity index (χ4v) is 0. The summed E-state index contributed by atoms with van der Waals surface area (Å²) in [4.78, 5) is 9.31. The third-order valence-corrected chi connectivity index (χ3v) is 0.214. The van der Waals surface area contributed by atoms with Crippen LogP contribution < -0.4 is 0 Å². The molecule has 0 atom stereocenters. The van der Waals surface area contributed by atoms with E-state index >= 15 is 0 Å². The molecule has 6 heavy (non-hydrogen) atoms. The molecule has 3 heteroatoms. The first-order valence-corrected chi connectivity index (χ1v) is 1.28. The number of carboxylic acid groups (broad SMARTS) is 1. The van der Waals surface area contributed by atoms with Gasteiger partial charge in [0.05, 0.1) is 0 Å². The van der Waals surface area contributed by atoms with E-state index in [0.717, 1.165) is 0 Å². The molecule has 0 bridgehead atoms. The molecular formula is C3H5CuO2. The van der Waals surface area contributed by atoms with E-state index in [0.29, 0.717) is 0 Å². The molecule has 0 aromatic rings. The molecule has 0 amide bonds. The van der Waals surface area contributed by atoms with E-state index in [4.69, 9.17) is 5.11 Å². The van der Waals surface area contributed by atoms with Crippen LogP contribution in [0.15, 0.2) is 0 Å². The van der Waals surface area contributed by atoms with Crippen LogP contribution in [0.5, 0.6) is 0 Å². The summed E-state index contributed by atoms with van der Waals surface area (Å²) in [6.45, 7) is 3.09. The zero-order chi connectivity index (χ0) is 4.28. The van der Waals surface area contributed by atoms with Gasteiger partial charge in [-0.3, -0.25) is 4.79 Å². The van der Waals surface area contributed by atoms with Gasteiger partial charge in [-0.2, -0.15) is 0 Å². The van der Waals surface area contributed by atoms with Gasteiger partial charge in [0.25, 0.3) is 5.97 Å². The molecule has 0 radical (unpaired) electrons. The zero-order valence-corrected chi connectivity index (χ0v) is 4.01. The first-order chi connectivity index (χ1) is 2.27. The van der Waals surface area contributed by atoms with E-state index in [2.05, 4.69) is 6.92 Å². The van der Waals surface area contributed by atoms with E-state index in [1.54, 1.807) is 0 Å². The third-order valence-electron chi connectivity index (χ3n) is 0.214. The average Bonchev–Trinajstić information content (AvgIpc) is 1.38. The average molecular weight is 137 g/mol. The normalized spacial score (nSPS) is 6.17. The molecule has 0 spiro atoms. The van der Waals surface area contributed by atoms with Crippen molar-refractivity contribution in [3.8, 4) is 0 Å². The molecule has 0 fully saturated rings. The Hall–Kier alpha value is -0.0105. The number of rotatable bonds is 1. The molecule has 0 aromatic carbocycles. The second-order valence-corrected chi connectivity index (χ2v) is 0.644. The van der Waals surface area contributed by atoms with Gasteiger partial charge in [-0.15, -0.1) is 0 Å². The van der Waals surface area contributed by atoms with Crippen molar-refractivity contribution in [2.24, 2.45) is 0 Å². The summed E-state index contributed by atoms with van der Waals surface area (Å²) in [5, 5.41) is 7.66. The Labute approximate surface area is 47.0 Å². The first kappa shape index (κ1) is 9.37. The molecule has 2 nitrogen and oxygen atoms in total. The summed E-state index contributed by atoms with van der Waals surface area (Å²) in [7, 11) is 0. The third kappa shape index (κ3) is 9.01. The number of hydrogen-bond acceptors (Lipinski definition) is 1. The molecular weight excluding hydrogens is 132 g/mol. The minimum Gasteiger partial charge on any atom is -0.483 e. The summed E-state index contributed by atoms with van der Waals surface area (Å²) in [5.74, 6) is -0.856. The van der Waals surface area contributed by atoms with Gasteiger partial charge < -0.3 is 12.0 Å². The Morgan fingerprint density at radius 1 is 1.83 bits per heavy atom. The molecule has 1 N–H and O–H groups in total. The fourth-order valence-electron chi connectivity index (χ4n) is 0. The maximum absolute atomic E-state index is 9.31. The van der Waals surface area contributed by atoms with Crippen molar-refractivity contribution in [3.05, 3.63) is 6.92 Å². The van der Waals surface area contributed by atoms with Crippen molar-refractivity contribution in [2.75, 3.05) is 0 Å². The minimum atomic E-state index is -0.856. The van der Waals surface area contributed by atoms with Crippen molar-refractivity contribution >= 4 is 5.97 Å². The predicted molar refractivity (Wildman–Crippen MR) is 17.6 cm³/mol. The fraction of sp³-hybridized carbons (Fsp3) is 0.333. The van der Waals surface area contributed by atoms with Gasteiger partial charge in [-0.05, 0) is 0 Å². The molecule has 0 heterocycles. The van der Waals surface area contributed by atoms with Gasteiger partial charge in [0, 0.05) is 0 Å². The predicted octanol–water partition coefficient (Wildman–Crippen LogP) is 0.293. The number of aliphatic carboxylic acids is 1. The Morgan fingerprint density at radius 2 is 2.00 bits per heavy atom. The van der Waals surface area contributed by atoms with E-state index in [-0.39, 0.29) is 23.5 Å². The van der Waals surface area contributed by atoms with Crippen LogP contribution in [0.4, 0.5) is 0 Å². The van der Waals surface area contributed by atoms with E-state index in [1.807, 2.05) is 0 Å². The summed E-state index contributed by atoms with van der Waals surface area (Å²) in [5.41, 5.74) is 0. The SMILES string of the molecule is [CH2-]CC(=O)O.[Cu+]. The quantitative estimate of drug-likeness (QED) is 0.416. The van der Waals surface area contributed by atoms with Crippen molar-refractivity contribution in [3.63, 3.8) is 0 Å². The van der Waals surface area contributed by atoms with Crippen molar-refractivity contribution in [1.29, 1.82) is 0 Å². The van der Waals surface area contributed by atoms with Gasteiger partial charge in [-0.1, -0.05) is 6.42 Å². The molecule has 0 rings (SSSR count). The minimum absolute atomic E-state index is 0. The molecule has 0 aliphatic heterocycles. The van der Waals surface area contributed by atoms with Gasteiger partial charge in [0.1, 0.15) is 0 Å². The molecule has 0 unspecified atom stereocenters. The molecule has 0 saturated carbocycles. The standard InChI is InChI=1S/C3H5O2.Cu/c1-2-3(4)5;/h1-2H2,(H,4,5);/q-1;+1. The first-order valence-electron chi connectivity index (χ1n) is 1.28. The van der Waals surface area contributed by atoms with Crippen LogP contribution in [-0.4, -0.2) is 11.1 Å². The second kappa shape index (κ2) is 4.99. The van der Waals surface area contributed by atoms with E-state index in [1.165, 1.54) is 0 Å². The van der Waals surface area contributed by atoms with Crippen molar-refractivity contribution in [1.82, 2.24) is 0 Å². The monoisotopic (exact) mass is 136 g/mol.